The van der Waals surface area contributed by atoms with E-state index in [1.54, 1.807) is 11.1 Å². The molecule has 0 N–H and O–H groups in total. The van der Waals surface area contributed by atoms with Crippen molar-refractivity contribution in [2.45, 2.75) is 53.4 Å². The SMILES string of the molecule is C/C1=C/C[C@@H]2[C@H](CC2(C)C)/C(C)=C\CC1. The molecule has 0 heterocycles. The third-order valence-corrected chi connectivity index (χ3v) is 4.55. The number of hydrogen-bond acceptors (Lipinski definition) is 0. The second kappa shape index (κ2) is 3.81. The van der Waals surface area contributed by atoms with Crippen molar-refractivity contribution in [2.24, 2.45) is 17.3 Å². The van der Waals surface area contributed by atoms with Crippen molar-refractivity contribution >= 4 is 0 Å². The van der Waals surface area contributed by atoms with Crippen molar-refractivity contribution in [3.8, 4) is 0 Å². The molecule has 0 bridgehead atoms. The van der Waals surface area contributed by atoms with Crippen LogP contribution >= 0.6 is 0 Å². The van der Waals surface area contributed by atoms with Gasteiger partial charge in [0.25, 0.3) is 0 Å². The fourth-order valence-corrected chi connectivity index (χ4v) is 3.32. The highest BCUT2D eigenvalue weighted by atomic mass is 14.5. The van der Waals surface area contributed by atoms with Crippen molar-refractivity contribution in [1.29, 1.82) is 0 Å². The number of fused-ring (bicyclic) bond motifs is 1. The summed E-state index contributed by atoms with van der Waals surface area (Å²) in [6, 6.07) is 0. The van der Waals surface area contributed by atoms with Gasteiger partial charge in [0.05, 0.1) is 0 Å². The third-order valence-electron chi connectivity index (χ3n) is 4.55. The summed E-state index contributed by atoms with van der Waals surface area (Å²) in [5, 5.41) is 0. The van der Waals surface area contributed by atoms with Crippen LogP contribution in [0.25, 0.3) is 0 Å². The monoisotopic (exact) mass is 204 g/mol. The summed E-state index contributed by atoms with van der Waals surface area (Å²) in [4.78, 5) is 0. The Kier molecular flexibility index (Phi) is 2.79. The van der Waals surface area contributed by atoms with Crippen LogP contribution in [0.1, 0.15) is 53.4 Å². The Morgan fingerprint density at radius 1 is 1.20 bits per heavy atom. The molecule has 0 aromatic rings. The van der Waals surface area contributed by atoms with Crippen molar-refractivity contribution < 1.29 is 0 Å². The molecule has 0 aromatic heterocycles. The molecule has 0 amide bonds. The molecule has 2 atom stereocenters. The van der Waals surface area contributed by atoms with Gasteiger partial charge in [0, 0.05) is 0 Å². The Hall–Kier alpha value is -0.520. The van der Waals surface area contributed by atoms with Gasteiger partial charge in [0.15, 0.2) is 0 Å². The van der Waals surface area contributed by atoms with Crippen molar-refractivity contribution in [3.05, 3.63) is 23.3 Å². The van der Waals surface area contributed by atoms with E-state index >= 15 is 0 Å². The maximum atomic E-state index is 2.49. The van der Waals surface area contributed by atoms with E-state index in [0.29, 0.717) is 5.41 Å². The molecule has 15 heavy (non-hydrogen) atoms. The lowest BCUT2D eigenvalue weighted by molar-refractivity contribution is 0.0134. The first kappa shape index (κ1) is 11.0. The van der Waals surface area contributed by atoms with Crippen LogP contribution < -0.4 is 0 Å². The van der Waals surface area contributed by atoms with E-state index in [1.807, 2.05) is 0 Å². The first-order valence-corrected chi connectivity index (χ1v) is 6.33. The predicted octanol–water partition coefficient (Wildman–Crippen LogP) is 4.73. The van der Waals surface area contributed by atoms with Gasteiger partial charge in [0.1, 0.15) is 0 Å². The zero-order valence-electron chi connectivity index (χ0n) is 10.6. The van der Waals surface area contributed by atoms with Gasteiger partial charge in [-0.3, -0.25) is 0 Å². The molecule has 2 aliphatic carbocycles. The average molecular weight is 204 g/mol. The first-order chi connectivity index (χ1) is 7.00. The molecule has 0 unspecified atom stereocenters. The fraction of sp³-hybridized carbons (Fsp3) is 0.733. The molecule has 1 saturated carbocycles. The summed E-state index contributed by atoms with van der Waals surface area (Å²) < 4.78 is 0. The van der Waals surface area contributed by atoms with Crippen LogP contribution in [0, 0.1) is 17.3 Å². The lowest BCUT2D eigenvalue weighted by Crippen LogP contribution is -2.44. The van der Waals surface area contributed by atoms with Crippen molar-refractivity contribution in [3.63, 3.8) is 0 Å². The molecule has 2 aliphatic rings. The van der Waals surface area contributed by atoms with Crippen LogP contribution in [0.3, 0.4) is 0 Å². The maximum absolute atomic E-state index is 2.49. The van der Waals surface area contributed by atoms with Crippen LogP contribution in [-0.2, 0) is 0 Å². The molecule has 0 radical (unpaired) electrons. The summed E-state index contributed by atoms with van der Waals surface area (Å²) in [5.74, 6) is 1.77. The van der Waals surface area contributed by atoms with E-state index in [1.165, 1.54) is 25.7 Å². The molecule has 0 heteroatoms. The normalized spacial score (nSPS) is 41.9. The second-order valence-corrected chi connectivity index (χ2v) is 6.18. The first-order valence-electron chi connectivity index (χ1n) is 6.33. The zero-order valence-corrected chi connectivity index (χ0v) is 10.6. The summed E-state index contributed by atoms with van der Waals surface area (Å²) in [6.45, 7) is 9.49. The van der Waals surface area contributed by atoms with E-state index in [4.69, 9.17) is 0 Å². The molecule has 2 rings (SSSR count). The topological polar surface area (TPSA) is 0 Å². The van der Waals surface area contributed by atoms with E-state index in [2.05, 4.69) is 39.8 Å². The Balaban J connectivity index is 2.20. The second-order valence-electron chi connectivity index (χ2n) is 6.18. The molecule has 0 aromatic carbocycles. The lowest BCUT2D eigenvalue weighted by atomic mass is 9.53. The molecular formula is C15H24. The molecule has 0 saturated heterocycles. The van der Waals surface area contributed by atoms with Crippen LogP contribution in [0.15, 0.2) is 23.3 Å². The minimum absolute atomic E-state index is 0.570. The van der Waals surface area contributed by atoms with Gasteiger partial charge in [-0.2, -0.15) is 0 Å². The van der Waals surface area contributed by atoms with E-state index in [0.717, 1.165) is 11.8 Å². The van der Waals surface area contributed by atoms with Gasteiger partial charge >= 0.3 is 0 Å². The van der Waals surface area contributed by atoms with Gasteiger partial charge in [-0.25, -0.2) is 0 Å². The maximum Gasteiger partial charge on any atom is -0.0164 e. The van der Waals surface area contributed by atoms with E-state index < -0.39 is 0 Å². The number of allylic oxidation sites excluding steroid dienone is 4. The molecule has 1 fully saturated rings. The van der Waals surface area contributed by atoms with Gasteiger partial charge in [-0.1, -0.05) is 37.1 Å². The lowest BCUT2D eigenvalue weighted by Gasteiger charge is -2.52. The highest BCUT2D eigenvalue weighted by molar-refractivity contribution is 5.18. The minimum atomic E-state index is 0.570. The quantitative estimate of drug-likeness (QED) is 0.501. The van der Waals surface area contributed by atoms with Crippen LogP contribution in [0.4, 0.5) is 0 Å². The van der Waals surface area contributed by atoms with Gasteiger partial charge in [0.2, 0.25) is 0 Å². The molecule has 0 nitrogen and oxygen atoms in total. The Labute approximate surface area is 94.5 Å². The highest BCUT2D eigenvalue weighted by Gasteiger charge is 2.46. The number of hydrogen-bond donors (Lipinski definition) is 0. The predicted molar refractivity (Wildman–Crippen MR) is 66.7 cm³/mol. The molecule has 0 spiro atoms. The standard InChI is InChI=1S/C15H24/c1-11-6-5-7-12(2)13-10-15(3,4)14(13)9-8-11/h7-8,13-14H,5-6,9-10H2,1-4H3/b11-8-,12-7-/t13-,14-/m1/s1. The van der Waals surface area contributed by atoms with E-state index in [9.17, 15) is 0 Å². The highest BCUT2D eigenvalue weighted by Crippen LogP contribution is 2.55. The Morgan fingerprint density at radius 2 is 1.93 bits per heavy atom. The molecule has 0 aliphatic heterocycles. The number of rotatable bonds is 0. The summed E-state index contributed by atoms with van der Waals surface area (Å²) in [7, 11) is 0. The van der Waals surface area contributed by atoms with Crippen LogP contribution in [0.2, 0.25) is 0 Å². The average Bonchev–Trinajstić information content (AvgIpc) is 2.18. The molecule has 84 valence electrons. The van der Waals surface area contributed by atoms with Crippen LogP contribution in [-0.4, -0.2) is 0 Å². The summed E-state index contributed by atoms with van der Waals surface area (Å²) >= 11 is 0. The zero-order chi connectivity index (χ0) is 11.1. The Morgan fingerprint density at radius 3 is 2.60 bits per heavy atom. The Bertz CT molecular complexity index is 304. The van der Waals surface area contributed by atoms with Crippen molar-refractivity contribution in [2.75, 3.05) is 0 Å². The van der Waals surface area contributed by atoms with Gasteiger partial charge < -0.3 is 0 Å². The van der Waals surface area contributed by atoms with Gasteiger partial charge in [-0.05, 0) is 56.8 Å². The summed E-state index contributed by atoms with van der Waals surface area (Å²) in [6.07, 6.45) is 10.2. The third kappa shape index (κ3) is 2.04. The van der Waals surface area contributed by atoms with Crippen LogP contribution in [0.5, 0.6) is 0 Å². The molecular weight excluding hydrogens is 180 g/mol. The minimum Gasteiger partial charge on any atom is -0.0853 e. The van der Waals surface area contributed by atoms with Crippen molar-refractivity contribution in [1.82, 2.24) is 0 Å². The van der Waals surface area contributed by atoms with E-state index in [-0.39, 0.29) is 0 Å². The van der Waals surface area contributed by atoms with Gasteiger partial charge in [-0.15, -0.1) is 0 Å². The smallest absolute Gasteiger partial charge is 0.0164 e. The summed E-state index contributed by atoms with van der Waals surface area (Å²) in [5.41, 5.74) is 3.81. The largest absolute Gasteiger partial charge is 0.0853 e. The fourth-order valence-electron chi connectivity index (χ4n) is 3.32.